The number of carbonyl (C=O) groups excluding carboxylic acids is 1. The van der Waals surface area contributed by atoms with E-state index in [2.05, 4.69) is 4.72 Å². The SMILES string of the molecule is CCNS(=O)(=O)c1ccc(CC(=O)N(CC(C)C(=O)O)C2CC2)cc1. The van der Waals surface area contributed by atoms with Gasteiger partial charge in [0.2, 0.25) is 15.9 Å². The predicted octanol–water partition coefficient (Wildman–Crippen LogP) is 1.24. The summed E-state index contributed by atoms with van der Waals surface area (Å²) in [7, 11) is -3.51. The zero-order valence-corrected chi connectivity index (χ0v) is 15.3. The van der Waals surface area contributed by atoms with Gasteiger partial charge in [-0.2, -0.15) is 0 Å². The van der Waals surface area contributed by atoms with Crippen LogP contribution in [0.3, 0.4) is 0 Å². The van der Waals surface area contributed by atoms with Crippen LogP contribution in [-0.2, 0) is 26.0 Å². The molecule has 1 saturated carbocycles. The smallest absolute Gasteiger partial charge is 0.308 e. The number of rotatable bonds is 9. The zero-order valence-electron chi connectivity index (χ0n) is 14.4. The van der Waals surface area contributed by atoms with E-state index in [4.69, 9.17) is 5.11 Å². The van der Waals surface area contributed by atoms with Crippen LogP contribution in [0, 0.1) is 5.92 Å². The molecule has 138 valence electrons. The summed E-state index contributed by atoms with van der Waals surface area (Å²) in [5.74, 6) is -1.66. The lowest BCUT2D eigenvalue weighted by Gasteiger charge is -2.24. The number of carbonyl (C=O) groups is 2. The fourth-order valence-corrected chi connectivity index (χ4v) is 3.59. The van der Waals surface area contributed by atoms with Crippen LogP contribution in [-0.4, -0.2) is 49.4 Å². The van der Waals surface area contributed by atoms with Gasteiger partial charge in [-0.3, -0.25) is 9.59 Å². The third kappa shape index (κ3) is 5.27. The Hall–Kier alpha value is -1.93. The molecular formula is C17H24N2O5S. The van der Waals surface area contributed by atoms with Gasteiger partial charge in [0, 0.05) is 19.1 Å². The van der Waals surface area contributed by atoms with Crippen LogP contribution in [0.15, 0.2) is 29.2 Å². The number of carboxylic acid groups (broad SMARTS) is 1. The predicted molar refractivity (Wildman–Crippen MR) is 92.5 cm³/mol. The first-order valence-corrected chi connectivity index (χ1v) is 9.83. The number of carboxylic acids is 1. The molecule has 0 heterocycles. The van der Waals surface area contributed by atoms with E-state index in [1.165, 1.54) is 12.1 Å². The maximum absolute atomic E-state index is 12.5. The quantitative estimate of drug-likeness (QED) is 0.682. The lowest BCUT2D eigenvalue weighted by Crippen LogP contribution is -2.39. The van der Waals surface area contributed by atoms with Gasteiger partial charge in [0.25, 0.3) is 0 Å². The molecule has 0 spiro atoms. The molecule has 1 atom stereocenters. The van der Waals surface area contributed by atoms with E-state index >= 15 is 0 Å². The minimum Gasteiger partial charge on any atom is -0.481 e. The van der Waals surface area contributed by atoms with Crippen molar-refractivity contribution in [3.05, 3.63) is 29.8 Å². The molecule has 0 bridgehead atoms. The number of hydrogen-bond donors (Lipinski definition) is 2. The summed E-state index contributed by atoms with van der Waals surface area (Å²) in [6, 6.07) is 6.31. The standard InChI is InChI=1S/C17H24N2O5S/c1-3-18-25(23,24)15-8-4-13(5-9-15)10-16(20)19(14-6-7-14)11-12(2)17(21)22/h4-5,8-9,12,14,18H,3,6-7,10-11H2,1-2H3,(H,21,22). The van der Waals surface area contributed by atoms with Crippen molar-refractivity contribution in [1.82, 2.24) is 9.62 Å². The highest BCUT2D eigenvalue weighted by molar-refractivity contribution is 7.89. The molecular weight excluding hydrogens is 344 g/mol. The van der Waals surface area contributed by atoms with Gasteiger partial charge in [0.15, 0.2) is 0 Å². The highest BCUT2D eigenvalue weighted by Gasteiger charge is 2.34. The van der Waals surface area contributed by atoms with E-state index in [-0.39, 0.29) is 29.8 Å². The summed E-state index contributed by atoms with van der Waals surface area (Å²) >= 11 is 0. The molecule has 1 aliphatic rings. The maximum atomic E-state index is 12.5. The minimum atomic E-state index is -3.51. The van der Waals surface area contributed by atoms with Crippen LogP contribution in [0.1, 0.15) is 32.3 Å². The Morgan fingerprint density at radius 1 is 1.28 bits per heavy atom. The normalized spacial score (nSPS) is 15.6. The summed E-state index contributed by atoms with van der Waals surface area (Å²) < 4.78 is 26.2. The topological polar surface area (TPSA) is 104 Å². The largest absolute Gasteiger partial charge is 0.481 e. The van der Waals surface area contributed by atoms with Crippen LogP contribution < -0.4 is 4.72 Å². The molecule has 1 fully saturated rings. The van der Waals surface area contributed by atoms with Crippen molar-refractivity contribution in [2.24, 2.45) is 5.92 Å². The van der Waals surface area contributed by atoms with E-state index in [1.807, 2.05) is 0 Å². The Balaban J connectivity index is 2.04. The summed E-state index contributed by atoms with van der Waals surface area (Å²) in [4.78, 5) is 25.4. The van der Waals surface area contributed by atoms with Crippen LogP contribution in [0.25, 0.3) is 0 Å². The van der Waals surface area contributed by atoms with Crippen molar-refractivity contribution in [2.75, 3.05) is 13.1 Å². The number of nitrogens with zero attached hydrogens (tertiary/aromatic N) is 1. The number of nitrogens with one attached hydrogen (secondary N) is 1. The van der Waals surface area contributed by atoms with E-state index in [0.717, 1.165) is 12.8 Å². The molecule has 1 aliphatic carbocycles. The van der Waals surface area contributed by atoms with E-state index in [0.29, 0.717) is 12.1 Å². The summed E-state index contributed by atoms with van der Waals surface area (Å²) in [6.45, 7) is 3.80. The summed E-state index contributed by atoms with van der Waals surface area (Å²) in [5, 5.41) is 9.05. The van der Waals surface area contributed by atoms with Crippen molar-refractivity contribution >= 4 is 21.9 Å². The van der Waals surface area contributed by atoms with Crippen molar-refractivity contribution < 1.29 is 23.1 Å². The lowest BCUT2D eigenvalue weighted by molar-refractivity contribution is -0.143. The number of aliphatic carboxylic acids is 1. The molecule has 0 aliphatic heterocycles. The average Bonchev–Trinajstić information content (AvgIpc) is 3.37. The number of hydrogen-bond acceptors (Lipinski definition) is 4. The third-order valence-corrected chi connectivity index (χ3v) is 5.68. The van der Waals surface area contributed by atoms with Crippen LogP contribution >= 0.6 is 0 Å². The third-order valence-electron chi connectivity index (χ3n) is 4.12. The monoisotopic (exact) mass is 368 g/mol. The van der Waals surface area contributed by atoms with Gasteiger partial charge in [0.1, 0.15) is 0 Å². The molecule has 1 amide bonds. The Morgan fingerprint density at radius 3 is 2.36 bits per heavy atom. The van der Waals surface area contributed by atoms with Gasteiger partial charge >= 0.3 is 5.97 Å². The van der Waals surface area contributed by atoms with Crippen molar-refractivity contribution in [1.29, 1.82) is 0 Å². The Labute approximate surface area is 148 Å². The summed E-state index contributed by atoms with van der Waals surface area (Å²) in [5.41, 5.74) is 0.703. The highest BCUT2D eigenvalue weighted by Crippen LogP contribution is 2.28. The van der Waals surface area contributed by atoms with Gasteiger partial charge in [-0.05, 0) is 30.5 Å². The Kier molecular flexibility index (Phi) is 6.18. The molecule has 1 aromatic carbocycles. The van der Waals surface area contributed by atoms with Crippen molar-refractivity contribution in [3.63, 3.8) is 0 Å². The first-order chi connectivity index (χ1) is 11.7. The second-order valence-corrected chi connectivity index (χ2v) is 8.11. The lowest BCUT2D eigenvalue weighted by atomic mass is 10.1. The molecule has 0 radical (unpaired) electrons. The molecule has 8 heteroatoms. The number of sulfonamides is 1. The fraction of sp³-hybridized carbons (Fsp3) is 0.529. The van der Waals surface area contributed by atoms with Gasteiger partial charge in [-0.25, -0.2) is 13.1 Å². The second-order valence-electron chi connectivity index (χ2n) is 6.34. The average molecular weight is 368 g/mol. The minimum absolute atomic E-state index is 0.127. The molecule has 7 nitrogen and oxygen atoms in total. The van der Waals surface area contributed by atoms with Crippen molar-refractivity contribution in [3.8, 4) is 0 Å². The van der Waals surface area contributed by atoms with Crippen LogP contribution in [0.2, 0.25) is 0 Å². The van der Waals surface area contributed by atoms with Gasteiger partial charge in [0.05, 0.1) is 17.2 Å². The maximum Gasteiger partial charge on any atom is 0.308 e. The molecule has 25 heavy (non-hydrogen) atoms. The number of benzene rings is 1. The first-order valence-electron chi connectivity index (χ1n) is 8.35. The molecule has 1 aromatic rings. The van der Waals surface area contributed by atoms with E-state index < -0.39 is 21.9 Å². The highest BCUT2D eigenvalue weighted by atomic mass is 32.2. The molecule has 0 saturated heterocycles. The Morgan fingerprint density at radius 2 is 1.88 bits per heavy atom. The zero-order chi connectivity index (χ0) is 18.6. The first kappa shape index (κ1) is 19.4. The van der Waals surface area contributed by atoms with Crippen molar-refractivity contribution in [2.45, 2.75) is 44.0 Å². The molecule has 0 aromatic heterocycles. The molecule has 2 N–H and O–H groups in total. The molecule has 2 rings (SSSR count). The van der Waals surface area contributed by atoms with E-state index in [9.17, 15) is 18.0 Å². The molecule has 1 unspecified atom stereocenters. The Bertz CT molecular complexity index is 726. The number of amides is 1. The van der Waals surface area contributed by atoms with Gasteiger partial charge in [-0.15, -0.1) is 0 Å². The van der Waals surface area contributed by atoms with Gasteiger partial charge < -0.3 is 10.0 Å². The summed E-state index contributed by atoms with van der Waals surface area (Å²) in [6.07, 6.45) is 1.93. The van der Waals surface area contributed by atoms with Crippen LogP contribution in [0.4, 0.5) is 0 Å². The second kappa shape index (κ2) is 7.97. The van der Waals surface area contributed by atoms with E-state index in [1.54, 1.807) is 30.9 Å². The fourth-order valence-electron chi connectivity index (χ4n) is 2.55. The van der Waals surface area contributed by atoms with Gasteiger partial charge in [-0.1, -0.05) is 26.0 Å². The van der Waals surface area contributed by atoms with Crippen LogP contribution in [0.5, 0.6) is 0 Å².